The summed E-state index contributed by atoms with van der Waals surface area (Å²) in [7, 11) is 0. The predicted octanol–water partition coefficient (Wildman–Crippen LogP) is 2.24. The molecule has 0 spiro atoms. The maximum atomic E-state index is 12.3. The van der Waals surface area contributed by atoms with Crippen molar-refractivity contribution in [2.45, 2.75) is 64.5 Å². The molecule has 1 aliphatic rings. The van der Waals surface area contributed by atoms with E-state index in [1.807, 2.05) is 12.1 Å². The first-order valence-electron chi connectivity index (χ1n) is 11.9. The van der Waals surface area contributed by atoms with Gasteiger partial charge in [-0.2, -0.15) is 0 Å². The number of carbonyl (C=O) groups excluding carboxylic acids is 2. The van der Waals surface area contributed by atoms with Gasteiger partial charge < -0.3 is 10.6 Å². The molecular formula is C23H31N9O2. The van der Waals surface area contributed by atoms with E-state index in [0.717, 1.165) is 19.4 Å². The van der Waals surface area contributed by atoms with Crippen LogP contribution in [0.3, 0.4) is 0 Å². The molecule has 1 saturated carbocycles. The molecule has 1 aliphatic carbocycles. The van der Waals surface area contributed by atoms with Crippen molar-refractivity contribution in [2.75, 3.05) is 11.9 Å². The highest BCUT2D eigenvalue weighted by Crippen LogP contribution is 2.22. The third-order valence-corrected chi connectivity index (χ3v) is 5.95. The zero-order valence-corrected chi connectivity index (χ0v) is 19.3. The molecule has 2 N–H and O–H groups in total. The molecule has 11 nitrogen and oxygen atoms in total. The number of pyridine rings is 1. The van der Waals surface area contributed by atoms with Crippen molar-refractivity contribution in [3.8, 4) is 0 Å². The van der Waals surface area contributed by atoms with Crippen molar-refractivity contribution >= 4 is 17.6 Å². The fourth-order valence-electron chi connectivity index (χ4n) is 4.10. The van der Waals surface area contributed by atoms with Gasteiger partial charge in [0, 0.05) is 31.5 Å². The van der Waals surface area contributed by atoms with Crippen LogP contribution in [0.1, 0.15) is 61.1 Å². The smallest absolute Gasteiger partial charge is 0.273 e. The highest BCUT2D eigenvalue weighted by molar-refractivity contribution is 5.92. The van der Waals surface area contributed by atoms with Crippen LogP contribution in [0.2, 0.25) is 0 Å². The van der Waals surface area contributed by atoms with Crippen LogP contribution >= 0.6 is 0 Å². The first-order chi connectivity index (χ1) is 16.7. The second-order valence-corrected chi connectivity index (χ2v) is 8.70. The van der Waals surface area contributed by atoms with Gasteiger partial charge in [0.2, 0.25) is 5.91 Å². The number of amides is 2. The Morgan fingerprint density at radius 2 is 1.74 bits per heavy atom. The van der Waals surface area contributed by atoms with Crippen molar-refractivity contribution in [3.63, 3.8) is 0 Å². The lowest BCUT2D eigenvalue weighted by atomic mass is 9.89. The van der Waals surface area contributed by atoms with Crippen LogP contribution in [0.25, 0.3) is 0 Å². The molecule has 1 fully saturated rings. The van der Waals surface area contributed by atoms with Gasteiger partial charge in [-0.05, 0) is 43.7 Å². The molecule has 34 heavy (non-hydrogen) atoms. The average molecular weight is 466 g/mol. The minimum atomic E-state index is -0.185. The summed E-state index contributed by atoms with van der Waals surface area (Å²) in [6.07, 6.45) is 13.1. The summed E-state index contributed by atoms with van der Waals surface area (Å²) in [6, 6.07) is 5.46. The topological polar surface area (TPSA) is 133 Å². The Morgan fingerprint density at radius 3 is 2.50 bits per heavy atom. The molecule has 0 atom stereocenters. The average Bonchev–Trinajstić information content (AvgIpc) is 3.51. The molecule has 3 aromatic heterocycles. The third-order valence-electron chi connectivity index (χ3n) is 5.95. The van der Waals surface area contributed by atoms with E-state index in [4.69, 9.17) is 0 Å². The molecule has 11 heteroatoms. The highest BCUT2D eigenvalue weighted by Gasteiger charge is 2.16. The largest absolute Gasteiger partial charge is 0.350 e. The maximum absolute atomic E-state index is 12.3. The summed E-state index contributed by atoms with van der Waals surface area (Å²) in [5.41, 5.74) is 1.06. The summed E-state index contributed by atoms with van der Waals surface area (Å²) in [5.74, 6) is 0.660. The molecule has 0 saturated heterocycles. The minimum absolute atomic E-state index is 0.155. The normalized spacial score (nSPS) is 14.1. The zero-order chi connectivity index (χ0) is 23.6. The molecule has 3 aromatic rings. The number of rotatable bonds is 11. The molecular weight excluding hydrogens is 434 g/mol. The van der Waals surface area contributed by atoms with E-state index in [2.05, 4.69) is 36.2 Å². The van der Waals surface area contributed by atoms with Gasteiger partial charge in [0.25, 0.3) is 5.91 Å². The molecule has 0 aliphatic heterocycles. The Morgan fingerprint density at radius 1 is 0.971 bits per heavy atom. The van der Waals surface area contributed by atoms with Crippen LogP contribution in [0.4, 0.5) is 5.82 Å². The summed E-state index contributed by atoms with van der Waals surface area (Å²) < 4.78 is 3.39. The third kappa shape index (κ3) is 7.19. The van der Waals surface area contributed by atoms with E-state index in [1.165, 1.54) is 32.1 Å². The van der Waals surface area contributed by atoms with Gasteiger partial charge in [-0.3, -0.25) is 23.9 Å². The summed E-state index contributed by atoms with van der Waals surface area (Å²) >= 11 is 0. The number of aromatic nitrogens is 7. The van der Waals surface area contributed by atoms with E-state index in [9.17, 15) is 9.59 Å². The summed E-state index contributed by atoms with van der Waals surface area (Å²) in [4.78, 5) is 28.6. The standard InChI is InChI=1S/C23H31N9O2/c33-22(14-19-10-4-5-11-24-19)26-21-17-32(30-28-21)13-7-6-12-31-16-20(27-29-31)23(34)25-15-18-8-2-1-3-9-18/h4-5,10-11,16-18H,1-3,6-9,12-15H2,(H,25,34)(H,26,33). The molecule has 0 aromatic carbocycles. The Balaban J connectivity index is 1.13. The van der Waals surface area contributed by atoms with Crippen LogP contribution in [-0.2, 0) is 24.3 Å². The Bertz CT molecular complexity index is 1060. The number of hydrogen-bond acceptors (Lipinski definition) is 7. The minimum Gasteiger partial charge on any atom is -0.350 e. The van der Waals surface area contributed by atoms with Crippen molar-refractivity contribution in [1.82, 2.24) is 40.3 Å². The first-order valence-corrected chi connectivity index (χ1v) is 11.9. The number of anilines is 1. The van der Waals surface area contributed by atoms with Gasteiger partial charge in [-0.25, -0.2) is 0 Å². The fourth-order valence-corrected chi connectivity index (χ4v) is 4.10. The van der Waals surface area contributed by atoms with Gasteiger partial charge in [0.15, 0.2) is 11.5 Å². The van der Waals surface area contributed by atoms with Gasteiger partial charge in [-0.15, -0.1) is 10.2 Å². The van der Waals surface area contributed by atoms with Crippen molar-refractivity contribution in [1.29, 1.82) is 0 Å². The SMILES string of the molecule is O=C(Cc1ccccn1)Nc1cn(CCCCn2cc(C(=O)NCC3CCCCC3)nn2)nn1. The zero-order valence-electron chi connectivity index (χ0n) is 19.3. The van der Waals surface area contributed by atoms with Gasteiger partial charge in [-0.1, -0.05) is 35.8 Å². The lowest BCUT2D eigenvalue weighted by Crippen LogP contribution is -2.30. The van der Waals surface area contributed by atoms with Crippen LogP contribution in [0.15, 0.2) is 36.8 Å². The van der Waals surface area contributed by atoms with Gasteiger partial charge in [0.1, 0.15) is 0 Å². The monoisotopic (exact) mass is 465 g/mol. The molecule has 3 heterocycles. The Kier molecular flexibility index (Phi) is 8.31. The Hall–Kier alpha value is -3.63. The van der Waals surface area contributed by atoms with E-state index in [-0.39, 0.29) is 18.2 Å². The van der Waals surface area contributed by atoms with Gasteiger partial charge >= 0.3 is 0 Å². The molecule has 4 rings (SSSR count). The number of carbonyl (C=O) groups is 2. The maximum Gasteiger partial charge on any atom is 0.273 e. The van der Waals surface area contributed by atoms with E-state index in [1.54, 1.807) is 34.0 Å². The fraction of sp³-hybridized carbons (Fsp3) is 0.522. The molecule has 0 radical (unpaired) electrons. The summed E-state index contributed by atoms with van der Waals surface area (Å²) in [5, 5.41) is 21.9. The quantitative estimate of drug-likeness (QED) is 0.415. The number of nitrogens with zero attached hydrogens (tertiary/aromatic N) is 7. The van der Waals surface area contributed by atoms with E-state index >= 15 is 0 Å². The number of unbranched alkanes of at least 4 members (excludes halogenated alkanes) is 1. The first kappa shape index (κ1) is 23.5. The molecule has 0 bridgehead atoms. The van der Waals surface area contributed by atoms with Gasteiger partial charge in [0.05, 0.1) is 18.8 Å². The van der Waals surface area contributed by atoms with E-state index < -0.39 is 0 Å². The van der Waals surface area contributed by atoms with E-state index in [0.29, 0.717) is 36.2 Å². The van der Waals surface area contributed by atoms with Crippen molar-refractivity contribution in [3.05, 3.63) is 48.2 Å². The van der Waals surface area contributed by atoms with Crippen LogP contribution < -0.4 is 10.6 Å². The predicted molar refractivity (Wildman–Crippen MR) is 125 cm³/mol. The second kappa shape index (κ2) is 12.0. The lowest BCUT2D eigenvalue weighted by molar-refractivity contribution is -0.115. The van der Waals surface area contributed by atoms with Crippen LogP contribution in [-0.4, -0.2) is 53.3 Å². The molecule has 180 valence electrons. The molecule has 0 unspecified atom stereocenters. The van der Waals surface area contributed by atoms with Crippen molar-refractivity contribution < 1.29 is 9.59 Å². The highest BCUT2D eigenvalue weighted by atomic mass is 16.2. The van der Waals surface area contributed by atoms with Crippen LogP contribution in [0, 0.1) is 5.92 Å². The second-order valence-electron chi connectivity index (χ2n) is 8.70. The van der Waals surface area contributed by atoms with Crippen LogP contribution in [0.5, 0.6) is 0 Å². The Labute approximate surface area is 198 Å². The van der Waals surface area contributed by atoms with Crippen molar-refractivity contribution in [2.24, 2.45) is 5.92 Å². The number of nitrogens with one attached hydrogen (secondary N) is 2. The number of aryl methyl sites for hydroxylation is 2. The number of hydrogen-bond donors (Lipinski definition) is 2. The molecule has 2 amide bonds. The summed E-state index contributed by atoms with van der Waals surface area (Å²) in [6.45, 7) is 2.03. The lowest BCUT2D eigenvalue weighted by Gasteiger charge is -2.21.